The van der Waals surface area contributed by atoms with E-state index >= 15 is 0 Å². The highest BCUT2D eigenvalue weighted by Gasteiger charge is 2.26. The Bertz CT molecular complexity index is 1190. The molecule has 0 bridgehead atoms. The van der Waals surface area contributed by atoms with Gasteiger partial charge in [0.1, 0.15) is 0 Å². The molecule has 8 nitrogen and oxygen atoms in total. The average molecular weight is 395 g/mol. The molecule has 4 rings (SSSR count). The molecule has 1 fully saturated rings. The Labute approximate surface area is 168 Å². The molecule has 0 radical (unpaired) electrons. The van der Waals surface area contributed by atoms with Gasteiger partial charge in [-0.15, -0.1) is 0 Å². The number of imidazole rings is 1. The van der Waals surface area contributed by atoms with Gasteiger partial charge in [-0.2, -0.15) is 4.98 Å². The zero-order valence-corrected chi connectivity index (χ0v) is 17.0. The summed E-state index contributed by atoms with van der Waals surface area (Å²) in [6, 6.07) is 9.01. The van der Waals surface area contributed by atoms with Crippen LogP contribution >= 0.6 is 0 Å². The second-order valence-corrected chi connectivity index (χ2v) is 7.86. The number of aryl methyl sites for hydroxylation is 1. The summed E-state index contributed by atoms with van der Waals surface area (Å²) in [6.07, 6.45) is 2.16. The SMILES string of the molecule is CC1CCCN(c2nc3c(c(=O)n(C)c(=O)n3C)n2CC(=O)c2ccccc2)C1. The lowest BCUT2D eigenvalue weighted by molar-refractivity contribution is 0.0973. The predicted molar refractivity (Wildman–Crippen MR) is 112 cm³/mol. The van der Waals surface area contributed by atoms with Crippen molar-refractivity contribution >= 4 is 22.9 Å². The Morgan fingerprint density at radius 2 is 1.86 bits per heavy atom. The number of carbonyl (C=O) groups is 1. The Balaban J connectivity index is 1.91. The first kappa shape index (κ1) is 19.2. The van der Waals surface area contributed by atoms with Gasteiger partial charge < -0.3 is 4.90 Å². The summed E-state index contributed by atoms with van der Waals surface area (Å²) in [5.74, 6) is 0.967. The molecule has 152 valence electrons. The largest absolute Gasteiger partial charge is 0.342 e. The van der Waals surface area contributed by atoms with Gasteiger partial charge in [0.2, 0.25) is 5.95 Å². The van der Waals surface area contributed by atoms with Gasteiger partial charge in [0, 0.05) is 32.7 Å². The molecule has 3 heterocycles. The molecule has 1 saturated heterocycles. The summed E-state index contributed by atoms with van der Waals surface area (Å²) < 4.78 is 4.12. The summed E-state index contributed by atoms with van der Waals surface area (Å²) in [6.45, 7) is 3.79. The quantitative estimate of drug-likeness (QED) is 0.626. The molecule has 3 aromatic rings. The van der Waals surface area contributed by atoms with Gasteiger partial charge in [0.05, 0.1) is 6.54 Å². The summed E-state index contributed by atoms with van der Waals surface area (Å²) in [5, 5.41) is 0. The van der Waals surface area contributed by atoms with E-state index < -0.39 is 11.2 Å². The van der Waals surface area contributed by atoms with Crippen molar-refractivity contribution in [1.82, 2.24) is 18.7 Å². The van der Waals surface area contributed by atoms with Crippen LogP contribution in [-0.4, -0.2) is 37.6 Å². The first-order valence-electron chi connectivity index (χ1n) is 9.88. The number of ketones is 1. The molecule has 1 aliphatic rings. The molecule has 1 atom stereocenters. The normalized spacial score (nSPS) is 17.1. The van der Waals surface area contributed by atoms with E-state index in [0.717, 1.165) is 30.5 Å². The van der Waals surface area contributed by atoms with Crippen molar-refractivity contribution < 1.29 is 4.79 Å². The number of hydrogen-bond donors (Lipinski definition) is 0. The van der Waals surface area contributed by atoms with Crippen LogP contribution in [0.1, 0.15) is 30.1 Å². The van der Waals surface area contributed by atoms with Crippen LogP contribution in [0, 0.1) is 5.92 Å². The van der Waals surface area contributed by atoms with Crippen LogP contribution < -0.4 is 16.1 Å². The summed E-state index contributed by atoms with van der Waals surface area (Å²) in [7, 11) is 3.05. The lowest BCUT2D eigenvalue weighted by Crippen LogP contribution is -2.38. The number of hydrogen-bond acceptors (Lipinski definition) is 5. The number of benzene rings is 1. The molecule has 0 N–H and O–H groups in total. The lowest BCUT2D eigenvalue weighted by atomic mass is 10.0. The van der Waals surface area contributed by atoms with Crippen molar-refractivity contribution in [2.45, 2.75) is 26.3 Å². The van der Waals surface area contributed by atoms with E-state index in [9.17, 15) is 14.4 Å². The average Bonchev–Trinajstić information content (AvgIpc) is 3.10. The molecule has 1 aromatic carbocycles. The fraction of sp³-hybridized carbons (Fsp3) is 0.429. The van der Waals surface area contributed by atoms with Gasteiger partial charge in [-0.25, -0.2) is 4.79 Å². The molecule has 8 heteroatoms. The Hall–Kier alpha value is -3.16. The fourth-order valence-corrected chi connectivity index (χ4v) is 4.06. The topological polar surface area (TPSA) is 82.1 Å². The van der Waals surface area contributed by atoms with Crippen molar-refractivity contribution in [2.24, 2.45) is 20.0 Å². The van der Waals surface area contributed by atoms with Crippen LogP contribution in [0.5, 0.6) is 0 Å². The minimum absolute atomic E-state index is 0.00578. The number of aromatic nitrogens is 4. The van der Waals surface area contributed by atoms with Crippen molar-refractivity contribution in [2.75, 3.05) is 18.0 Å². The van der Waals surface area contributed by atoms with E-state index in [1.54, 1.807) is 23.7 Å². The number of Topliss-reactive ketones (excluding diaryl/α,β-unsaturated/α-hetero) is 1. The second-order valence-electron chi connectivity index (χ2n) is 7.86. The first-order valence-corrected chi connectivity index (χ1v) is 9.88. The molecule has 0 saturated carbocycles. The number of piperidine rings is 1. The molecule has 2 aromatic heterocycles. The third-order valence-electron chi connectivity index (χ3n) is 5.67. The summed E-state index contributed by atoms with van der Waals surface area (Å²) in [4.78, 5) is 45.1. The standard InChI is InChI=1S/C21H25N5O3/c1-14-8-7-11-25(12-14)20-22-18-17(19(28)24(3)21(29)23(18)2)26(20)13-16(27)15-9-5-4-6-10-15/h4-6,9-10,14H,7-8,11-13H2,1-3H3. The Kier molecular flexibility index (Phi) is 4.86. The number of carbonyl (C=O) groups excluding carboxylic acids is 1. The molecule has 0 spiro atoms. The van der Waals surface area contributed by atoms with Crippen LogP contribution in [0.4, 0.5) is 5.95 Å². The zero-order valence-electron chi connectivity index (χ0n) is 17.0. The molecule has 0 amide bonds. The van der Waals surface area contributed by atoms with Crippen LogP contribution in [0.2, 0.25) is 0 Å². The third-order valence-corrected chi connectivity index (χ3v) is 5.67. The van der Waals surface area contributed by atoms with E-state index in [2.05, 4.69) is 16.8 Å². The lowest BCUT2D eigenvalue weighted by Gasteiger charge is -2.32. The van der Waals surface area contributed by atoms with E-state index in [1.807, 2.05) is 18.2 Å². The maximum absolute atomic E-state index is 13.0. The van der Waals surface area contributed by atoms with Gasteiger partial charge in [0.25, 0.3) is 5.56 Å². The van der Waals surface area contributed by atoms with Gasteiger partial charge in [-0.3, -0.25) is 23.3 Å². The minimum atomic E-state index is -0.437. The maximum Gasteiger partial charge on any atom is 0.332 e. The number of rotatable bonds is 4. The third kappa shape index (κ3) is 3.28. The van der Waals surface area contributed by atoms with E-state index in [-0.39, 0.29) is 17.8 Å². The highest BCUT2D eigenvalue weighted by atomic mass is 16.2. The summed E-state index contributed by atoms with van der Waals surface area (Å²) >= 11 is 0. The predicted octanol–water partition coefficient (Wildman–Crippen LogP) is 1.55. The van der Waals surface area contributed by atoms with Gasteiger partial charge in [-0.05, 0) is 18.8 Å². The van der Waals surface area contributed by atoms with Gasteiger partial charge >= 0.3 is 5.69 Å². The minimum Gasteiger partial charge on any atom is -0.342 e. The Morgan fingerprint density at radius 3 is 2.55 bits per heavy atom. The fourth-order valence-electron chi connectivity index (χ4n) is 4.06. The molecule has 1 unspecified atom stereocenters. The summed E-state index contributed by atoms with van der Waals surface area (Å²) in [5.41, 5.74) is 0.307. The van der Waals surface area contributed by atoms with Crippen molar-refractivity contribution in [3.8, 4) is 0 Å². The smallest absolute Gasteiger partial charge is 0.332 e. The van der Waals surface area contributed by atoms with E-state index in [1.165, 1.54) is 11.6 Å². The van der Waals surface area contributed by atoms with Gasteiger partial charge in [0.15, 0.2) is 16.9 Å². The van der Waals surface area contributed by atoms with Crippen molar-refractivity contribution in [3.05, 3.63) is 56.7 Å². The maximum atomic E-state index is 13.0. The number of fused-ring (bicyclic) bond motifs is 1. The molecular weight excluding hydrogens is 370 g/mol. The van der Waals surface area contributed by atoms with Crippen LogP contribution in [0.25, 0.3) is 11.2 Å². The highest BCUT2D eigenvalue weighted by molar-refractivity contribution is 5.96. The molecular formula is C21H25N5O3. The van der Waals surface area contributed by atoms with Crippen molar-refractivity contribution in [3.63, 3.8) is 0 Å². The number of nitrogens with zero attached hydrogens (tertiary/aromatic N) is 5. The van der Waals surface area contributed by atoms with Crippen LogP contribution in [0.15, 0.2) is 39.9 Å². The zero-order chi connectivity index (χ0) is 20.7. The van der Waals surface area contributed by atoms with Gasteiger partial charge in [-0.1, -0.05) is 37.3 Å². The Morgan fingerprint density at radius 1 is 1.14 bits per heavy atom. The van der Waals surface area contributed by atoms with Crippen molar-refractivity contribution in [1.29, 1.82) is 0 Å². The molecule has 0 aliphatic carbocycles. The molecule has 29 heavy (non-hydrogen) atoms. The monoisotopic (exact) mass is 395 g/mol. The first-order chi connectivity index (χ1) is 13.9. The molecule has 1 aliphatic heterocycles. The van der Waals surface area contributed by atoms with Crippen LogP contribution in [-0.2, 0) is 20.6 Å². The number of anilines is 1. The second kappa shape index (κ2) is 7.35. The van der Waals surface area contributed by atoms with E-state index in [4.69, 9.17) is 0 Å². The van der Waals surface area contributed by atoms with Crippen LogP contribution in [0.3, 0.4) is 0 Å². The highest BCUT2D eigenvalue weighted by Crippen LogP contribution is 2.25. The van der Waals surface area contributed by atoms with E-state index in [0.29, 0.717) is 23.1 Å².